The second-order valence-corrected chi connectivity index (χ2v) is 12.3. The number of aromatic nitrogens is 1. The van der Waals surface area contributed by atoms with Crippen molar-refractivity contribution in [2.24, 2.45) is 0 Å². The Kier molecular flexibility index (Phi) is 6.84. The van der Waals surface area contributed by atoms with Gasteiger partial charge in [0.1, 0.15) is 0 Å². The molecule has 0 fully saturated rings. The second kappa shape index (κ2) is 11.8. The molecular weight excluding hydrogens is 581 g/mol. The summed E-state index contributed by atoms with van der Waals surface area (Å²) in [4.78, 5) is 0. The summed E-state index contributed by atoms with van der Waals surface area (Å²) in [6.45, 7) is 0. The summed E-state index contributed by atoms with van der Waals surface area (Å²) in [6.07, 6.45) is 0. The fourth-order valence-electron chi connectivity index (χ4n) is 7.00. The van der Waals surface area contributed by atoms with Crippen molar-refractivity contribution in [2.45, 2.75) is 0 Å². The molecule has 2 nitrogen and oxygen atoms in total. The standard InChI is InChI=1S/C46H32N2/c1-2-13-41-35(9-1)10-8-16-42(41)36-21-19-32(20-22-36)33-23-27-38(28-24-33)47-39-29-25-34(26-30-39)37-11-7-12-40(31-37)48-45-17-5-3-14-43(45)44-15-4-6-18-46(44)48/h1-31,47H. The molecule has 0 saturated heterocycles. The molecular formula is C46H32N2. The number of hydrogen-bond acceptors (Lipinski definition) is 1. The number of nitrogens with zero attached hydrogens (tertiary/aromatic N) is 1. The summed E-state index contributed by atoms with van der Waals surface area (Å²) in [5.74, 6) is 0. The van der Waals surface area contributed by atoms with E-state index in [1.165, 1.54) is 66.0 Å². The van der Waals surface area contributed by atoms with Gasteiger partial charge in [0.25, 0.3) is 0 Å². The first kappa shape index (κ1) is 27.9. The molecule has 0 aliphatic carbocycles. The lowest BCUT2D eigenvalue weighted by Crippen LogP contribution is -1.94. The lowest BCUT2D eigenvalue weighted by Gasteiger charge is -2.12. The Morgan fingerprint density at radius 3 is 1.46 bits per heavy atom. The SMILES string of the molecule is c1cc(-c2ccc(Nc3ccc(-c4ccc(-c5cccc6ccccc56)cc4)cc3)cc2)cc(-n2c3ccccc3c3ccccc32)c1. The van der Waals surface area contributed by atoms with Crippen LogP contribution in [-0.2, 0) is 0 Å². The van der Waals surface area contributed by atoms with Gasteiger partial charge in [0.2, 0.25) is 0 Å². The quantitative estimate of drug-likeness (QED) is 0.198. The molecule has 1 N–H and O–H groups in total. The van der Waals surface area contributed by atoms with E-state index < -0.39 is 0 Å². The van der Waals surface area contributed by atoms with E-state index in [0.29, 0.717) is 0 Å². The zero-order valence-electron chi connectivity index (χ0n) is 26.3. The molecule has 1 aromatic heterocycles. The van der Waals surface area contributed by atoms with Crippen LogP contribution in [0.15, 0.2) is 188 Å². The van der Waals surface area contributed by atoms with Gasteiger partial charge in [0.05, 0.1) is 11.0 Å². The van der Waals surface area contributed by atoms with E-state index in [0.717, 1.165) is 17.1 Å². The predicted molar refractivity (Wildman–Crippen MR) is 204 cm³/mol. The summed E-state index contributed by atoms with van der Waals surface area (Å²) in [7, 11) is 0. The van der Waals surface area contributed by atoms with E-state index in [9.17, 15) is 0 Å². The third-order valence-corrected chi connectivity index (χ3v) is 9.40. The number of fused-ring (bicyclic) bond motifs is 4. The summed E-state index contributed by atoms with van der Waals surface area (Å²) < 4.78 is 2.37. The van der Waals surface area contributed by atoms with Crippen molar-refractivity contribution >= 4 is 44.0 Å². The Morgan fingerprint density at radius 1 is 0.333 bits per heavy atom. The van der Waals surface area contributed by atoms with Gasteiger partial charge in [-0.2, -0.15) is 0 Å². The van der Waals surface area contributed by atoms with Crippen molar-refractivity contribution in [3.8, 4) is 39.1 Å². The van der Waals surface area contributed by atoms with Gasteiger partial charge in [-0.3, -0.25) is 0 Å². The van der Waals surface area contributed by atoms with Gasteiger partial charge >= 0.3 is 0 Å². The molecule has 9 aromatic rings. The molecule has 8 aromatic carbocycles. The highest BCUT2D eigenvalue weighted by Gasteiger charge is 2.12. The fraction of sp³-hybridized carbons (Fsp3) is 0. The highest BCUT2D eigenvalue weighted by atomic mass is 15.0. The van der Waals surface area contributed by atoms with Gasteiger partial charge < -0.3 is 9.88 Å². The highest BCUT2D eigenvalue weighted by molar-refractivity contribution is 6.09. The Labute approximate surface area is 280 Å². The molecule has 0 amide bonds. The Balaban J connectivity index is 0.927. The third kappa shape index (κ3) is 5.01. The third-order valence-electron chi connectivity index (χ3n) is 9.40. The van der Waals surface area contributed by atoms with E-state index in [1.54, 1.807) is 0 Å². The number of anilines is 2. The van der Waals surface area contributed by atoms with Crippen LogP contribution in [-0.4, -0.2) is 4.57 Å². The molecule has 0 unspecified atom stereocenters. The summed E-state index contributed by atoms with van der Waals surface area (Å²) in [6, 6.07) is 67.5. The van der Waals surface area contributed by atoms with Crippen LogP contribution in [0.5, 0.6) is 0 Å². The van der Waals surface area contributed by atoms with Gasteiger partial charge in [-0.05, 0) is 92.7 Å². The van der Waals surface area contributed by atoms with Crippen molar-refractivity contribution in [1.29, 1.82) is 0 Å². The summed E-state index contributed by atoms with van der Waals surface area (Å²) >= 11 is 0. The molecule has 48 heavy (non-hydrogen) atoms. The Morgan fingerprint density at radius 2 is 0.812 bits per heavy atom. The van der Waals surface area contributed by atoms with Crippen LogP contribution in [0.25, 0.3) is 71.6 Å². The summed E-state index contributed by atoms with van der Waals surface area (Å²) in [5.41, 5.74) is 13.0. The predicted octanol–water partition coefficient (Wildman–Crippen LogP) is 12.7. The highest BCUT2D eigenvalue weighted by Crippen LogP contribution is 2.34. The van der Waals surface area contributed by atoms with Crippen molar-refractivity contribution in [3.05, 3.63) is 188 Å². The van der Waals surface area contributed by atoms with Gasteiger partial charge in [-0.15, -0.1) is 0 Å². The molecule has 0 spiro atoms. The lowest BCUT2D eigenvalue weighted by molar-refractivity contribution is 1.18. The van der Waals surface area contributed by atoms with Crippen LogP contribution in [0.3, 0.4) is 0 Å². The van der Waals surface area contributed by atoms with E-state index in [4.69, 9.17) is 0 Å². The smallest absolute Gasteiger partial charge is 0.0541 e. The monoisotopic (exact) mass is 612 g/mol. The molecule has 2 heteroatoms. The van der Waals surface area contributed by atoms with E-state index in [1.807, 2.05) is 0 Å². The number of nitrogens with one attached hydrogen (secondary N) is 1. The molecule has 226 valence electrons. The minimum atomic E-state index is 1.06. The molecule has 0 bridgehead atoms. The zero-order valence-corrected chi connectivity index (χ0v) is 26.3. The molecule has 0 aliphatic heterocycles. The van der Waals surface area contributed by atoms with Crippen LogP contribution in [0, 0.1) is 0 Å². The largest absolute Gasteiger partial charge is 0.356 e. The first-order valence-corrected chi connectivity index (χ1v) is 16.4. The second-order valence-electron chi connectivity index (χ2n) is 12.3. The fourth-order valence-corrected chi connectivity index (χ4v) is 7.00. The molecule has 0 aliphatic rings. The van der Waals surface area contributed by atoms with Gasteiger partial charge in [0.15, 0.2) is 0 Å². The molecule has 0 saturated carbocycles. The van der Waals surface area contributed by atoms with E-state index in [-0.39, 0.29) is 0 Å². The maximum Gasteiger partial charge on any atom is 0.0541 e. The Hall–Kier alpha value is -6.38. The first-order valence-electron chi connectivity index (χ1n) is 16.4. The van der Waals surface area contributed by atoms with Crippen molar-refractivity contribution in [3.63, 3.8) is 0 Å². The van der Waals surface area contributed by atoms with E-state index >= 15 is 0 Å². The van der Waals surface area contributed by atoms with Gasteiger partial charge in [-0.1, -0.05) is 140 Å². The number of benzene rings is 8. The number of rotatable bonds is 6. The minimum Gasteiger partial charge on any atom is -0.356 e. The first-order chi connectivity index (χ1) is 23.8. The van der Waals surface area contributed by atoms with Crippen LogP contribution in [0.2, 0.25) is 0 Å². The molecule has 1 heterocycles. The topological polar surface area (TPSA) is 17.0 Å². The van der Waals surface area contributed by atoms with Crippen molar-refractivity contribution < 1.29 is 0 Å². The minimum absolute atomic E-state index is 1.06. The maximum absolute atomic E-state index is 3.58. The van der Waals surface area contributed by atoms with Crippen LogP contribution < -0.4 is 5.32 Å². The lowest BCUT2D eigenvalue weighted by atomic mass is 9.96. The van der Waals surface area contributed by atoms with Crippen molar-refractivity contribution in [1.82, 2.24) is 4.57 Å². The zero-order chi connectivity index (χ0) is 31.9. The van der Waals surface area contributed by atoms with Crippen molar-refractivity contribution in [2.75, 3.05) is 5.32 Å². The van der Waals surface area contributed by atoms with E-state index in [2.05, 4.69) is 198 Å². The normalized spacial score (nSPS) is 11.3. The molecule has 9 rings (SSSR count). The average molecular weight is 613 g/mol. The molecule has 0 atom stereocenters. The Bertz CT molecular complexity index is 2500. The average Bonchev–Trinajstić information content (AvgIpc) is 3.50. The number of hydrogen-bond donors (Lipinski definition) is 1. The molecule has 0 radical (unpaired) electrons. The van der Waals surface area contributed by atoms with Crippen LogP contribution in [0.1, 0.15) is 0 Å². The van der Waals surface area contributed by atoms with Gasteiger partial charge in [-0.25, -0.2) is 0 Å². The van der Waals surface area contributed by atoms with Crippen LogP contribution in [0.4, 0.5) is 11.4 Å². The van der Waals surface area contributed by atoms with Gasteiger partial charge in [0, 0.05) is 27.8 Å². The van der Waals surface area contributed by atoms with Crippen LogP contribution >= 0.6 is 0 Å². The summed E-state index contributed by atoms with van der Waals surface area (Å²) in [5, 5.41) is 8.68. The number of para-hydroxylation sites is 2. The maximum atomic E-state index is 3.58.